The van der Waals surface area contributed by atoms with Crippen molar-refractivity contribution in [3.63, 3.8) is 0 Å². The highest BCUT2D eigenvalue weighted by molar-refractivity contribution is 5.63. The van der Waals surface area contributed by atoms with Crippen LogP contribution in [-0.4, -0.2) is 17.5 Å². The van der Waals surface area contributed by atoms with Crippen molar-refractivity contribution in [2.45, 2.75) is 25.3 Å². The van der Waals surface area contributed by atoms with E-state index in [2.05, 4.69) is 4.90 Å². The quantitative estimate of drug-likeness (QED) is 0.482. The largest absolute Gasteiger partial charge is 0.398 e. The topological polar surface area (TPSA) is 72.4 Å². The van der Waals surface area contributed by atoms with Gasteiger partial charge in [0.05, 0.1) is 4.92 Å². The first-order valence-electron chi connectivity index (χ1n) is 5.95. The number of nitro groups is 1. The van der Waals surface area contributed by atoms with Gasteiger partial charge in [0.15, 0.2) is 0 Å². The molecule has 0 aromatic heterocycles. The van der Waals surface area contributed by atoms with Crippen molar-refractivity contribution in [1.29, 1.82) is 0 Å². The van der Waals surface area contributed by atoms with Crippen LogP contribution >= 0.6 is 0 Å². The molecule has 1 saturated heterocycles. The summed E-state index contributed by atoms with van der Waals surface area (Å²) in [6, 6.07) is 5.45. The maximum atomic E-state index is 10.8. The molecule has 1 saturated carbocycles. The third-order valence-corrected chi connectivity index (χ3v) is 3.88. The van der Waals surface area contributed by atoms with E-state index in [-0.39, 0.29) is 10.6 Å². The summed E-state index contributed by atoms with van der Waals surface area (Å²) in [4.78, 5) is 12.7. The summed E-state index contributed by atoms with van der Waals surface area (Å²) < 4.78 is 0. The second kappa shape index (κ2) is 3.61. The Kier molecular flexibility index (Phi) is 2.21. The number of non-ortho nitro benzene ring substituents is 1. The zero-order valence-electron chi connectivity index (χ0n) is 9.50. The highest BCUT2D eigenvalue weighted by Crippen LogP contribution is 2.41. The van der Waals surface area contributed by atoms with Crippen LogP contribution < -0.4 is 10.6 Å². The highest BCUT2D eigenvalue weighted by atomic mass is 16.6. The van der Waals surface area contributed by atoms with Crippen LogP contribution in [-0.2, 0) is 0 Å². The van der Waals surface area contributed by atoms with Crippen LogP contribution in [0.4, 0.5) is 17.1 Å². The van der Waals surface area contributed by atoms with E-state index in [0.29, 0.717) is 11.7 Å². The molecule has 2 atom stereocenters. The molecule has 2 aliphatic rings. The Morgan fingerprint density at radius 3 is 2.76 bits per heavy atom. The van der Waals surface area contributed by atoms with Gasteiger partial charge in [-0.2, -0.15) is 0 Å². The normalized spacial score (nSPS) is 26.5. The maximum Gasteiger partial charge on any atom is 0.273 e. The Hall–Kier alpha value is -1.78. The van der Waals surface area contributed by atoms with E-state index in [9.17, 15) is 10.1 Å². The minimum Gasteiger partial charge on any atom is -0.398 e. The van der Waals surface area contributed by atoms with Gasteiger partial charge in [-0.25, -0.2) is 0 Å². The number of nitro benzene ring substituents is 1. The predicted octanol–water partition coefficient (Wildman–Crippen LogP) is 2.17. The molecule has 2 unspecified atom stereocenters. The van der Waals surface area contributed by atoms with E-state index in [0.717, 1.165) is 18.2 Å². The molecule has 2 bridgehead atoms. The van der Waals surface area contributed by atoms with Crippen molar-refractivity contribution < 1.29 is 4.92 Å². The molecule has 2 N–H and O–H groups in total. The fourth-order valence-corrected chi connectivity index (χ4v) is 3.13. The summed E-state index contributed by atoms with van der Waals surface area (Å²) in [5.74, 6) is 0.764. The molecular weight excluding hydrogens is 218 g/mol. The number of benzene rings is 1. The molecule has 0 spiro atoms. The number of nitrogens with zero attached hydrogens (tertiary/aromatic N) is 2. The van der Waals surface area contributed by atoms with Gasteiger partial charge in [0, 0.05) is 36.1 Å². The minimum atomic E-state index is -0.381. The second-order valence-corrected chi connectivity index (χ2v) is 5.03. The second-order valence-electron chi connectivity index (χ2n) is 5.03. The van der Waals surface area contributed by atoms with Crippen molar-refractivity contribution in [3.8, 4) is 0 Å². The zero-order chi connectivity index (χ0) is 12.0. The van der Waals surface area contributed by atoms with Gasteiger partial charge >= 0.3 is 0 Å². The average molecular weight is 233 g/mol. The van der Waals surface area contributed by atoms with Gasteiger partial charge in [-0.15, -0.1) is 0 Å². The SMILES string of the molecule is Nc1cc(N2CC3CCC2C3)cc([N+](=O)[O-])c1. The van der Waals surface area contributed by atoms with Crippen LogP contribution in [0.5, 0.6) is 0 Å². The molecule has 2 fully saturated rings. The number of fused-ring (bicyclic) bond motifs is 2. The lowest BCUT2D eigenvalue weighted by Gasteiger charge is -2.29. The number of nitrogens with two attached hydrogens (primary N) is 1. The Bertz CT molecular complexity index is 475. The number of rotatable bonds is 2. The summed E-state index contributed by atoms with van der Waals surface area (Å²) in [5.41, 5.74) is 7.19. The number of nitrogen functional groups attached to an aromatic ring is 1. The van der Waals surface area contributed by atoms with Gasteiger partial charge in [0.25, 0.3) is 5.69 Å². The van der Waals surface area contributed by atoms with Gasteiger partial charge in [0.2, 0.25) is 0 Å². The molecule has 1 aromatic rings. The lowest BCUT2D eigenvalue weighted by Crippen LogP contribution is -2.31. The van der Waals surface area contributed by atoms with Gasteiger partial charge in [-0.1, -0.05) is 0 Å². The lowest BCUT2D eigenvalue weighted by atomic mass is 10.1. The Labute approximate surface area is 99.4 Å². The minimum absolute atomic E-state index is 0.0859. The van der Waals surface area contributed by atoms with Crippen LogP contribution in [0.1, 0.15) is 19.3 Å². The molecule has 1 heterocycles. The van der Waals surface area contributed by atoms with E-state index in [1.165, 1.54) is 25.3 Å². The number of piperidine rings is 1. The molecule has 1 aromatic carbocycles. The van der Waals surface area contributed by atoms with Gasteiger partial charge in [0.1, 0.15) is 0 Å². The molecule has 0 amide bonds. The first-order chi connectivity index (χ1) is 8.13. The van der Waals surface area contributed by atoms with Crippen molar-refractivity contribution in [2.75, 3.05) is 17.2 Å². The van der Waals surface area contributed by atoms with Gasteiger partial charge < -0.3 is 10.6 Å². The van der Waals surface area contributed by atoms with Crippen molar-refractivity contribution >= 4 is 17.1 Å². The molecule has 3 rings (SSSR count). The van der Waals surface area contributed by atoms with Crippen molar-refractivity contribution in [3.05, 3.63) is 28.3 Å². The molecule has 90 valence electrons. The Morgan fingerprint density at radius 1 is 1.35 bits per heavy atom. The number of hydrogen-bond donors (Lipinski definition) is 1. The zero-order valence-corrected chi connectivity index (χ0v) is 9.50. The molecule has 0 radical (unpaired) electrons. The number of hydrogen-bond acceptors (Lipinski definition) is 4. The monoisotopic (exact) mass is 233 g/mol. The fraction of sp³-hybridized carbons (Fsp3) is 0.500. The summed E-state index contributed by atoms with van der Waals surface area (Å²) in [5, 5.41) is 10.8. The molecule has 17 heavy (non-hydrogen) atoms. The van der Waals surface area contributed by atoms with Crippen LogP contribution in [0, 0.1) is 16.0 Å². The summed E-state index contributed by atoms with van der Waals surface area (Å²) >= 11 is 0. The van der Waals surface area contributed by atoms with Crippen LogP contribution in [0.2, 0.25) is 0 Å². The summed E-state index contributed by atoms with van der Waals surface area (Å²) in [7, 11) is 0. The Morgan fingerprint density at radius 2 is 2.18 bits per heavy atom. The third kappa shape index (κ3) is 1.71. The first kappa shape index (κ1) is 10.4. The standard InChI is InChI=1S/C12H15N3O2/c13-9-4-11(6-12(5-9)15(16)17)14-7-8-1-2-10(14)3-8/h4-6,8,10H,1-3,7,13H2. The summed E-state index contributed by atoms with van der Waals surface area (Å²) in [6.45, 7) is 1.02. The Balaban J connectivity index is 1.95. The van der Waals surface area contributed by atoms with Crippen LogP contribution in [0.3, 0.4) is 0 Å². The molecule has 5 nitrogen and oxygen atoms in total. The highest BCUT2D eigenvalue weighted by Gasteiger charge is 2.38. The average Bonchev–Trinajstić information content (AvgIpc) is 2.89. The van der Waals surface area contributed by atoms with Crippen LogP contribution in [0.15, 0.2) is 18.2 Å². The maximum absolute atomic E-state index is 10.8. The first-order valence-corrected chi connectivity index (χ1v) is 5.95. The third-order valence-electron chi connectivity index (χ3n) is 3.88. The summed E-state index contributed by atoms with van der Waals surface area (Å²) in [6.07, 6.45) is 3.72. The van der Waals surface area contributed by atoms with Gasteiger partial charge in [-0.05, 0) is 31.2 Å². The fourth-order valence-electron chi connectivity index (χ4n) is 3.13. The van der Waals surface area contributed by atoms with E-state index < -0.39 is 0 Å². The van der Waals surface area contributed by atoms with E-state index in [1.54, 1.807) is 6.07 Å². The van der Waals surface area contributed by atoms with E-state index >= 15 is 0 Å². The van der Waals surface area contributed by atoms with E-state index in [4.69, 9.17) is 5.73 Å². The van der Waals surface area contributed by atoms with Gasteiger partial charge in [-0.3, -0.25) is 10.1 Å². The lowest BCUT2D eigenvalue weighted by molar-refractivity contribution is -0.384. The smallest absolute Gasteiger partial charge is 0.273 e. The number of anilines is 2. The predicted molar refractivity (Wildman–Crippen MR) is 66.0 cm³/mol. The van der Waals surface area contributed by atoms with E-state index in [1.807, 2.05) is 6.07 Å². The molecule has 1 aliphatic carbocycles. The van der Waals surface area contributed by atoms with Crippen molar-refractivity contribution in [1.82, 2.24) is 0 Å². The molecule has 1 aliphatic heterocycles. The molecular formula is C12H15N3O2. The molecule has 5 heteroatoms. The van der Waals surface area contributed by atoms with Crippen molar-refractivity contribution in [2.24, 2.45) is 5.92 Å². The van der Waals surface area contributed by atoms with Crippen LogP contribution in [0.25, 0.3) is 0 Å².